The van der Waals surface area contributed by atoms with Gasteiger partial charge in [-0.3, -0.25) is 0 Å². The average molecular weight is 149 g/mol. The molecule has 0 fully saturated rings. The standard InChI is InChI=1S/C10H15N/c1-5-10(6-2)7-8(3)9(4)11/h5,7H,1,3-4,6,11H2,2H3/b10-7+. The third-order valence-corrected chi connectivity index (χ3v) is 1.44. The van der Waals surface area contributed by atoms with Crippen molar-refractivity contribution in [1.29, 1.82) is 0 Å². The van der Waals surface area contributed by atoms with Crippen LogP contribution in [0.5, 0.6) is 0 Å². The van der Waals surface area contributed by atoms with Crippen LogP contribution in [0.25, 0.3) is 0 Å². The van der Waals surface area contributed by atoms with E-state index in [-0.39, 0.29) is 0 Å². The van der Waals surface area contributed by atoms with Crippen molar-refractivity contribution in [2.75, 3.05) is 0 Å². The zero-order valence-electron chi connectivity index (χ0n) is 7.06. The van der Waals surface area contributed by atoms with Gasteiger partial charge in [-0.1, -0.05) is 38.8 Å². The minimum atomic E-state index is 0.512. The van der Waals surface area contributed by atoms with Gasteiger partial charge in [-0.15, -0.1) is 0 Å². The maximum atomic E-state index is 5.42. The van der Waals surface area contributed by atoms with Gasteiger partial charge in [-0.25, -0.2) is 0 Å². The van der Waals surface area contributed by atoms with E-state index in [4.69, 9.17) is 5.73 Å². The van der Waals surface area contributed by atoms with Gasteiger partial charge in [0.2, 0.25) is 0 Å². The van der Waals surface area contributed by atoms with E-state index in [1.165, 1.54) is 0 Å². The Hall–Kier alpha value is -1.24. The second-order valence-corrected chi connectivity index (χ2v) is 2.33. The lowest BCUT2D eigenvalue weighted by atomic mass is 10.1. The van der Waals surface area contributed by atoms with Crippen LogP contribution in [0.1, 0.15) is 13.3 Å². The molecule has 0 spiro atoms. The normalized spacial score (nSPS) is 10.8. The van der Waals surface area contributed by atoms with Crippen molar-refractivity contribution < 1.29 is 0 Å². The number of hydrogen-bond donors (Lipinski definition) is 1. The summed E-state index contributed by atoms with van der Waals surface area (Å²) in [7, 11) is 0. The highest BCUT2D eigenvalue weighted by molar-refractivity contribution is 5.37. The third-order valence-electron chi connectivity index (χ3n) is 1.44. The molecule has 0 aliphatic rings. The predicted octanol–water partition coefficient (Wildman–Crippen LogP) is 2.54. The van der Waals surface area contributed by atoms with E-state index in [0.717, 1.165) is 17.6 Å². The fraction of sp³-hybridized carbons (Fsp3) is 0.200. The van der Waals surface area contributed by atoms with Gasteiger partial charge in [0.25, 0.3) is 0 Å². The zero-order valence-corrected chi connectivity index (χ0v) is 7.06. The lowest BCUT2D eigenvalue weighted by molar-refractivity contribution is 1.14. The van der Waals surface area contributed by atoms with Crippen molar-refractivity contribution in [3.05, 3.63) is 48.7 Å². The Morgan fingerprint density at radius 1 is 1.45 bits per heavy atom. The van der Waals surface area contributed by atoms with Crippen LogP contribution >= 0.6 is 0 Å². The first kappa shape index (κ1) is 9.76. The SMILES string of the molecule is C=C/C(=C\C(=C)C(=C)N)CC. The van der Waals surface area contributed by atoms with Gasteiger partial charge in [0.1, 0.15) is 0 Å². The summed E-state index contributed by atoms with van der Waals surface area (Å²) < 4.78 is 0. The number of allylic oxidation sites excluding steroid dienone is 3. The highest BCUT2D eigenvalue weighted by atomic mass is 14.6. The summed E-state index contributed by atoms with van der Waals surface area (Å²) in [5.41, 5.74) is 7.82. The Balaban J connectivity index is 4.39. The van der Waals surface area contributed by atoms with Crippen LogP contribution < -0.4 is 5.73 Å². The Kier molecular flexibility index (Phi) is 4.04. The largest absolute Gasteiger partial charge is 0.399 e. The molecule has 0 aliphatic carbocycles. The van der Waals surface area contributed by atoms with Crippen molar-refractivity contribution in [3.8, 4) is 0 Å². The van der Waals surface area contributed by atoms with E-state index >= 15 is 0 Å². The van der Waals surface area contributed by atoms with Gasteiger partial charge in [0.05, 0.1) is 0 Å². The third kappa shape index (κ3) is 3.46. The average Bonchev–Trinajstić information content (AvgIpc) is 1.99. The van der Waals surface area contributed by atoms with Crippen LogP contribution in [0.3, 0.4) is 0 Å². The van der Waals surface area contributed by atoms with Crippen LogP contribution in [0.4, 0.5) is 0 Å². The lowest BCUT2D eigenvalue weighted by Gasteiger charge is -1.99. The van der Waals surface area contributed by atoms with Gasteiger partial charge in [-0.2, -0.15) is 0 Å². The quantitative estimate of drug-likeness (QED) is 0.611. The first-order chi connectivity index (χ1) is 5.11. The molecule has 0 aromatic rings. The van der Waals surface area contributed by atoms with Crippen molar-refractivity contribution in [2.24, 2.45) is 5.73 Å². The van der Waals surface area contributed by atoms with E-state index in [9.17, 15) is 0 Å². The first-order valence-corrected chi connectivity index (χ1v) is 3.58. The van der Waals surface area contributed by atoms with E-state index < -0.39 is 0 Å². The van der Waals surface area contributed by atoms with Gasteiger partial charge < -0.3 is 5.73 Å². The Bertz CT molecular complexity index is 209. The van der Waals surface area contributed by atoms with Crippen LogP contribution in [-0.2, 0) is 0 Å². The molecule has 0 aromatic carbocycles. The van der Waals surface area contributed by atoms with Gasteiger partial charge >= 0.3 is 0 Å². The summed E-state index contributed by atoms with van der Waals surface area (Å²) in [6.07, 6.45) is 4.64. The molecule has 0 radical (unpaired) electrons. The molecule has 0 atom stereocenters. The van der Waals surface area contributed by atoms with E-state index in [2.05, 4.69) is 26.7 Å². The van der Waals surface area contributed by atoms with E-state index in [0.29, 0.717) is 5.70 Å². The molecule has 0 bridgehead atoms. The number of rotatable bonds is 4. The molecule has 1 nitrogen and oxygen atoms in total. The van der Waals surface area contributed by atoms with Crippen molar-refractivity contribution in [1.82, 2.24) is 0 Å². The smallest absolute Gasteiger partial charge is 0.0308 e. The van der Waals surface area contributed by atoms with Gasteiger partial charge in [0.15, 0.2) is 0 Å². The van der Waals surface area contributed by atoms with Crippen LogP contribution in [0, 0.1) is 0 Å². The van der Waals surface area contributed by atoms with Crippen LogP contribution in [0.2, 0.25) is 0 Å². The van der Waals surface area contributed by atoms with Crippen molar-refractivity contribution in [3.63, 3.8) is 0 Å². The Morgan fingerprint density at radius 2 is 2.00 bits per heavy atom. The van der Waals surface area contributed by atoms with Gasteiger partial charge in [0, 0.05) is 5.70 Å². The fourth-order valence-electron chi connectivity index (χ4n) is 0.622. The number of nitrogens with two attached hydrogens (primary N) is 1. The molecule has 11 heavy (non-hydrogen) atoms. The molecular weight excluding hydrogens is 134 g/mol. The van der Waals surface area contributed by atoms with Crippen LogP contribution in [-0.4, -0.2) is 0 Å². The predicted molar refractivity (Wildman–Crippen MR) is 51.0 cm³/mol. The molecule has 0 aromatic heterocycles. The van der Waals surface area contributed by atoms with Crippen molar-refractivity contribution in [2.45, 2.75) is 13.3 Å². The zero-order chi connectivity index (χ0) is 8.85. The second-order valence-electron chi connectivity index (χ2n) is 2.33. The molecule has 0 aliphatic heterocycles. The van der Waals surface area contributed by atoms with E-state index in [1.54, 1.807) is 6.08 Å². The first-order valence-electron chi connectivity index (χ1n) is 3.58. The molecule has 0 saturated heterocycles. The fourth-order valence-corrected chi connectivity index (χ4v) is 0.622. The maximum absolute atomic E-state index is 5.42. The molecule has 2 N–H and O–H groups in total. The summed E-state index contributed by atoms with van der Waals surface area (Å²) >= 11 is 0. The highest BCUT2D eigenvalue weighted by Crippen LogP contribution is 2.08. The molecule has 0 rings (SSSR count). The summed E-state index contributed by atoms with van der Waals surface area (Å²) in [6, 6.07) is 0. The molecule has 0 amide bonds. The molecule has 1 heteroatoms. The topological polar surface area (TPSA) is 26.0 Å². The molecule has 0 saturated carbocycles. The summed E-state index contributed by atoms with van der Waals surface area (Å²) in [4.78, 5) is 0. The molecule has 0 unspecified atom stereocenters. The summed E-state index contributed by atoms with van der Waals surface area (Å²) in [5, 5.41) is 0. The van der Waals surface area contributed by atoms with E-state index in [1.807, 2.05) is 6.08 Å². The highest BCUT2D eigenvalue weighted by Gasteiger charge is 1.91. The second kappa shape index (κ2) is 4.56. The van der Waals surface area contributed by atoms with Crippen LogP contribution in [0.15, 0.2) is 48.7 Å². The minimum Gasteiger partial charge on any atom is -0.399 e. The Labute approximate surface area is 68.6 Å². The minimum absolute atomic E-state index is 0.512. The summed E-state index contributed by atoms with van der Waals surface area (Å²) in [6.45, 7) is 13.0. The van der Waals surface area contributed by atoms with Gasteiger partial charge in [-0.05, 0) is 17.6 Å². The number of hydrogen-bond acceptors (Lipinski definition) is 1. The maximum Gasteiger partial charge on any atom is 0.0308 e. The molecule has 0 heterocycles. The molecule has 60 valence electrons. The summed E-state index contributed by atoms with van der Waals surface area (Å²) in [5.74, 6) is 0. The van der Waals surface area contributed by atoms with Crippen molar-refractivity contribution >= 4 is 0 Å². The lowest BCUT2D eigenvalue weighted by Crippen LogP contribution is -1.95. The monoisotopic (exact) mass is 149 g/mol. The Morgan fingerprint density at radius 3 is 2.27 bits per heavy atom. The molecular formula is C10H15N.